The van der Waals surface area contributed by atoms with Crippen LogP contribution in [0.1, 0.15) is 52.9 Å². The first-order chi connectivity index (χ1) is 6.55. The van der Waals surface area contributed by atoms with Crippen molar-refractivity contribution in [1.82, 2.24) is 0 Å². The summed E-state index contributed by atoms with van der Waals surface area (Å²) in [4.78, 5) is 0. The van der Waals surface area contributed by atoms with E-state index in [1.54, 1.807) is 0 Å². The fourth-order valence-electron chi connectivity index (χ4n) is 4.40. The minimum absolute atomic E-state index is 0.102. The third-order valence-corrected chi connectivity index (χ3v) is 5.13. The molecule has 2 rings (SSSR count). The number of rotatable bonds is 1. The number of hydrogen-bond acceptors (Lipinski definition) is 1. The Hall–Kier alpha value is -0.0400. The first-order valence-electron chi connectivity index (χ1n) is 6.24. The third kappa shape index (κ3) is 1.41. The maximum atomic E-state index is 9.84. The van der Waals surface area contributed by atoms with Crippen LogP contribution in [0.3, 0.4) is 0 Å². The van der Waals surface area contributed by atoms with Crippen LogP contribution in [-0.4, -0.2) is 11.2 Å². The molecule has 2 aliphatic carbocycles. The van der Waals surface area contributed by atoms with Crippen molar-refractivity contribution in [1.29, 1.82) is 0 Å². The molecule has 2 aliphatic rings. The van der Waals surface area contributed by atoms with Gasteiger partial charge in [-0.3, -0.25) is 0 Å². The molecule has 0 spiro atoms. The summed E-state index contributed by atoms with van der Waals surface area (Å²) >= 11 is 0. The fraction of sp³-hybridized carbons (Fsp3) is 1.00. The molecule has 1 heteroatoms. The van der Waals surface area contributed by atoms with Gasteiger partial charge in [0.2, 0.25) is 0 Å². The lowest BCUT2D eigenvalue weighted by atomic mass is 9.61. The van der Waals surface area contributed by atoms with E-state index < -0.39 is 0 Å². The van der Waals surface area contributed by atoms with E-state index >= 15 is 0 Å². The molecule has 0 heterocycles. The second kappa shape index (κ2) is 3.52. The molecule has 0 saturated heterocycles. The standard InChI is InChI=1S/C13H24O/c1-9-5-4-8-13(3)11(9)6-7-12(13)10(2)14/h9-12,14H,4-8H2,1-3H3/t9-,10+,11-,12+,13-/m0/s1. The minimum atomic E-state index is -0.102. The van der Waals surface area contributed by atoms with Gasteiger partial charge in [0.15, 0.2) is 0 Å². The van der Waals surface area contributed by atoms with E-state index in [0.29, 0.717) is 11.3 Å². The van der Waals surface area contributed by atoms with Crippen LogP contribution in [0.15, 0.2) is 0 Å². The molecule has 0 aromatic carbocycles. The van der Waals surface area contributed by atoms with Gasteiger partial charge >= 0.3 is 0 Å². The van der Waals surface area contributed by atoms with E-state index in [9.17, 15) is 5.11 Å². The van der Waals surface area contributed by atoms with Crippen molar-refractivity contribution in [3.63, 3.8) is 0 Å². The van der Waals surface area contributed by atoms with Gasteiger partial charge in [0, 0.05) is 0 Å². The molecule has 0 aromatic heterocycles. The van der Waals surface area contributed by atoms with Gasteiger partial charge < -0.3 is 5.11 Å². The zero-order chi connectivity index (χ0) is 10.3. The summed E-state index contributed by atoms with van der Waals surface area (Å²) in [6, 6.07) is 0. The van der Waals surface area contributed by atoms with Crippen molar-refractivity contribution < 1.29 is 5.11 Å². The number of aliphatic hydroxyl groups excluding tert-OH is 1. The summed E-state index contributed by atoms with van der Waals surface area (Å²) in [7, 11) is 0. The number of hydrogen-bond donors (Lipinski definition) is 1. The summed E-state index contributed by atoms with van der Waals surface area (Å²) < 4.78 is 0. The van der Waals surface area contributed by atoms with E-state index in [1.807, 2.05) is 6.92 Å². The summed E-state index contributed by atoms with van der Waals surface area (Å²) in [6.45, 7) is 6.82. The second-order valence-electron chi connectivity index (χ2n) is 5.91. The van der Waals surface area contributed by atoms with Crippen molar-refractivity contribution in [2.24, 2.45) is 23.2 Å². The van der Waals surface area contributed by atoms with E-state index in [2.05, 4.69) is 13.8 Å². The van der Waals surface area contributed by atoms with Crippen LogP contribution in [0.4, 0.5) is 0 Å². The Labute approximate surface area is 87.9 Å². The highest BCUT2D eigenvalue weighted by Crippen LogP contribution is 2.58. The Morgan fingerprint density at radius 3 is 2.64 bits per heavy atom. The average molecular weight is 196 g/mol. The van der Waals surface area contributed by atoms with Crippen LogP contribution in [0.2, 0.25) is 0 Å². The van der Waals surface area contributed by atoms with Crippen LogP contribution in [0, 0.1) is 23.2 Å². The van der Waals surface area contributed by atoms with Gasteiger partial charge in [-0.2, -0.15) is 0 Å². The Morgan fingerprint density at radius 2 is 2.00 bits per heavy atom. The van der Waals surface area contributed by atoms with Gasteiger partial charge in [-0.15, -0.1) is 0 Å². The molecule has 14 heavy (non-hydrogen) atoms. The van der Waals surface area contributed by atoms with Gasteiger partial charge in [-0.1, -0.05) is 26.7 Å². The van der Waals surface area contributed by atoms with Crippen LogP contribution in [0.5, 0.6) is 0 Å². The molecule has 1 nitrogen and oxygen atoms in total. The molecular formula is C13H24O. The van der Waals surface area contributed by atoms with Gasteiger partial charge in [0.1, 0.15) is 0 Å². The molecule has 2 fully saturated rings. The van der Waals surface area contributed by atoms with Gasteiger partial charge in [-0.05, 0) is 49.4 Å². The highest BCUT2D eigenvalue weighted by atomic mass is 16.3. The summed E-state index contributed by atoms with van der Waals surface area (Å²) in [5.41, 5.74) is 0.450. The summed E-state index contributed by atoms with van der Waals surface area (Å²) in [6.07, 6.45) is 6.63. The van der Waals surface area contributed by atoms with Gasteiger partial charge in [0.05, 0.1) is 6.10 Å². The molecular weight excluding hydrogens is 172 g/mol. The first-order valence-corrected chi connectivity index (χ1v) is 6.24. The quantitative estimate of drug-likeness (QED) is 0.682. The molecule has 0 unspecified atom stereocenters. The molecule has 0 radical (unpaired) electrons. The summed E-state index contributed by atoms with van der Waals surface area (Å²) in [5.74, 6) is 2.34. The average Bonchev–Trinajstić information content (AvgIpc) is 2.43. The molecule has 0 aliphatic heterocycles. The van der Waals surface area contributed by atoms with E-state index in [1.165, 1.54) is 32.1 Å². The van der Waals surface area contributed by atoms with E-state index in [0.717, 1.165) is 11.8 Å². The van der Waals surface area contributed by atoms with E-state index in [4.69, 9.17) is 0 Å². The lowest BCUT2D eigenvalue weighted by Crippen LogP contribution is -2.39. The zero-order valence-electron chi connectivity index (χ0n) is 9.79. The van der Waals surface area contributed by atoms with Crippen LogP contribution in [0.25, 0.3) is 0 Å². The Bertz CT molecular complexity index is 203. The summed E-state index contributed by atoms with van der Waals surface area (Å²) in [5, 5.41) is 9.84. The van der Waals surface area contributed by atoms with Crippen LogP contribution < -0.4 is 0 Å². The second-order valence-corrected chi connectivity index (χ2v) is 5.91. The van der Waals surface area contributed by atoms with Gasteiger partial charge in [-0.25, -0.2) is 0 Å². The minimum Gasteiger partial charge on any atom is -0.393 e. The maximum absolute atomic E-state index is 9.84. The van der Waals surface area contributed by atoms with Gasteiger partial charge in [0.25, 0.3) is 0 Å². The molecule has 0 bridgehead atoms. The van der Waals surface area contributed by atoms with Crippen molar-refractivity contribution in [3.8, 4) is 0 Å². The maximum Gasteiger partial charge on any atom is 0.0545 e. The van der Waals surface area contributed by atoms with E-state index in [-0.39, 0.29) is 6.10 Å². The Balaban J connectivity index is 2.20. The highest BCUT2D eigenvalue weighted by Gasteiger charge is 2.51. The Kier molecular flexibility index (Phi) is 2.63. The topological polar surface area (TPSA) is 20.2 Å². The number of aliphatic hydroxyl groups is 1. The van der Waals surface area contributed by atoms with Crippen molar-refractivity contribution in [2.75, 3.05) is 0 Å². The predicted molar refractivity (Wildman–Crippen MR) is 59.0 cm³/mol. The lowest BCUT2D eigenvalue weighted by molar-refractivity contribution is -0.00216. The SMILES string of the molecule is C[C@@H](O)[C@H]1CC[C@H]2[C@@H](C)CCC[C@]12C. The monoisotopic (exact) mass is 196 g/mol. The fourth-order valence-corrected chi connectivity index (χ4v) is 4.40. The molecule has 1 N–H and O–H groups in total. The molecule has 0 aromatic rings. The molecule has 82 valence electrons. The van der Waals surface area contributed by atoms with Crippen molar-refractivity contribution in [3.05, 3.63) is 0 Å². The molecule has 0 amide bonds. The van der Waals surface area contributed by atoms with Crippen LogP contribution in [-0.2, 0) is 0 Å². The normalized spacial score (nSPS) is 50.1. The van der Waals surface area contributed by atoms with Crippen molar-refractivity contribution >= 4 is 0 Å². The third-order valence-electron chi connectivity index (χ3n) is 5.13. The Morgan fingerprint density at radius 1 is 1.29 bits per heavy atom. The lowest BCUT2D eigenvalue weighted by Gasteiger charge is -2.45. The van der Waals surface area contributed by atoms with Crippen LogP contribution >= 0.6 is 0 Å². The smallest absolute Gasteiger partial charge is 0.0545 e. The zero-order valence-corrected chi connectivity index (χ0v) is 9.79. The first kappa shape index (κ1) is 10.5. The molecule has 2 saturated carbocycles. The largest absolute Gasteiger partial charge is 0.393 e. The van der Waals surface area contributed by atoms with Crippen molar-refractivity contribution in [2.45, 2.75) is 59.0 Å². The predicted octanol–water partition coefficient (Wildman–Crippen LogP) is 3.22. The highest BCUT2D eigenvalue weighted by molar-refractivity contribution is 5.00. The number of fused-ring (bicyclic) bond motifs is 1. The molecule has 5 atom stereocenters.